The molecule has 0 N–H and O–H groups in total. The minimum Gasteiger partial charge on any atom is -0.358 e. The van der Waals surface area contributed by atoms with Gasteiger partial charge in [0.15, 0.2) is 5.65 Å². The summed E-state index contributed by atoms with van der Waals surface area (Å²) in [6.07, 6.45) is 12.0. The molecule has 4 aromatic rings. The Morgan fingerprint density at radius 1 is 1.00 bits per heavy atom. The fourth-order valence-electron chi connectivity index (χ4n) is 5.37. The summed E-state index contributed by atoms with van der Waals surface area (Å²) in [4.78, 5) is 18.4. The van der Waals surface area contributed by atoms with Gasteiger partial charge in [0.05, 0.1) is 23.7 Å². The molecule has 6 rings (SSSR count). The van der Waals surface area contributed by atoms with E-state index in [1.54, 1.807) is 6.33 Å². The molecule has 1 saturated carbocycles. The lowest BCUT2D eigenvalue weighted by Gasteiger charge is -2.28. The van der Waals surface area contributed by atoms with E-state index >= 15 is 0 Å². The van der Waals surface area contributed by atoms with Gasteiger partial charge in [-0.15, -0.1) is 0 Å². The fraction of sp³-hybridized carbons (Fsp3) is 0.500. The lowest BCUT2D eigenvalue weighted by molar-refractivity contribution is -0.0298. The highest BCUT2D eigenvalue weighted by Gasteiger charge is 2.24. The number of hydrogen-bond donors (Lipinski definition) is 0. The SMILES string of the molecule is C[C@@H]1CCC[C@@H](n2cnc3cc(-c4nc(Cl)nc5c4ncn5C4CCCCO4)ccc32)C1. The second kappa shape index (κ2) is 8.12. The molecule has 7 nitrogen and oxygen atoms in total. The second-order valence-electron chi connectivity index (χ2n) is 9.27. The minimum atomic E-state index is -0.0522. The molecule has 1 aliphatic carbocycles. The van der Waals surface area contributed by atoms with Crippen LogP contribution in [0.5, 0.6) is 0 Å². The molecule has 4 heterocycles. The van der Waals surface area contributed by atoms with Crippen LogP contribution in [-0.2, 0) is 4.74 Å². The summed E-state index contributed by atoms with van der Waals surface area (Å²) in [5, 5.41) is 0.215. The molecular formula is C24H27ClN6O. The van der Waals surface area contributed by atoms with Gasteiger partial charge in [-0.05, 0) is 61.8 Å². The molecule has 3 aromatic heterocycles. The third kappa shape index (κ3) is 3.48. The Morgan fingerprint density at radius 2 is 1.91 bits per heavy atom. The van der Waals surface area contributed by atoms with Crippen LogP contribution >= 0.6 is 11.6 Å². The molecule has 0 spiro atoms. The summed E-state index contributed by atoms with van der Waals surface area (Å²) in [6.45, 7) is 3.11. The van der Waals surface area contributed by atoms with Crippen LogP contribution < -0.4 is 0 Å². The number of fused-ring (bicyclic) bond motifs is 2. The van der Waals surface area contributed by atoms with Crippen molar-refractivity contribution in [3.05, 3.63) is 36.1 Å². The molecule has 2 aliphatic rings. The van der Waals surface area contributed by atoms with Crippen molar-refractivity contribution in [2.45, 2.75) is 64.1 Å². The molecular weight excluding hydrogens is 424 g/mol. The van der Waals surface area contributed by atoms with E-state index in [2.05, 4.69) is 44.6 Å². The minimum absolute atomic E-state index is 0.0522. The molecule has 0 radical (unpaired) electrons. The molecule has 8 heteroatoms. The lowest BCUT2D eigenvalue weighted by Crippen LogP contribution is -2.17. The maximum atomic E-state index is 6.36. The first-order valence-electron chi connectivity index (χ1n) is 11.7. The van der Waals surface area contributed by atoms with Crippen LogP contribution in [0.15, 0.2) is 30.9 Å². The van der Waals surface area contributed by atoms with Crippen molar-refractivity contribution in [2.24, 2.45) is 5.92 Å². The van der Waals surface area contributed by atoms with Crippen LogP contribution in [0.3, 0.4) is 0 Å². The maximum Gasteiger partial charge on any atom is 0.225 e. The van der Waals surface area contributed by atoms with Crippen molar-refractivity contribution in [1.29, 1.82) is 0 Å². The van der Waals surface area contributed by atoms with Crippen LogP contribution in [-0.4, -0.2) is 35.7 Å². The van der Waals surface area contributed by atoms with Gasteiger partial charge in [0.1, 0.15) is 17.4 Å². The van der Waals surface area contributed by atoms with E-state index in [-0.39, 0.29) is 11.5 Å². The van der Waals surface area contributed by atoms with Crippen LogP contribution in [0.2, 0.25) is 5.28 Å². The number of rotatable bonds is 3. The lowest BCUT2D eigenvalue weighted by atomic mass is 9.87. The Kier molecular flexibility index (Phi) is 5.11. The van der Waals surface area contributed by atoms with Crippen molar-refractivity contribution < 1.29 is 4.74 Å². The van der Waals surface area contributed by atoms with E-state index in [1.807, 2.05) is 10.9 Å². The third-order valence-electron chi connectivity index (χ3n) is 7.01. The summed E-state index contributed by atoms with van der Waals surface area (Å²) >= 11 is 6.36. The monoisotopic (exact) mass is 450 g/mol. The molecule has 0 bridgehead atoms. The average molecular weight is 451 g/mol. The first-order chi connectivity index (χ1) is 15.7. The number of halogens is 1. The largest absolute Gasteiger partial charge is 0.358 e. The second-order valence-corrected chi connectivity index (χ2v) is 9.61. The van der Waals surface area contributed by atoms with Gasteiger partial charge in [-0.25, -0.2) is 15.0 Å². The van der Waals surface area contributed by atoms with E-state index in [0.717, 1.165) is 54.1 Å². The van der Waals surface area contributed by atoms with Crippen molar-refractivity contribution in [2.75, 3.05) is 6.61 Å². The van der Waals surface area contributed by atoms with Gasteiger partial charge < -0.3 is 9.30 Å². The molecule has 1 unspecified atom stereocenters. The highest BCUT2D eigenvalue weighted by atomic mass is 35.5. The number of imidazole rings is 2. The summed E-state index contributed by atoms with van der Waals surface area (Å²) in [7, 11) is 0. The topological polar surface area (TPSA) is 70.7 Å². The highest BCUT2D eigenvalue weighted by Crippen LogP contribution is 2.36. The Balaban J connectivity index is 1.40. The van der Waals surface area contributed by atoms with Gasteiger partial charge in [-0.3, -0.25) is 4.57 Å². The Hall–Kier alpha value is -2.51. The van der Waals surface area contributed by atoms with E-state index in [4.69, 9.17) is 21.3 Å². The van der Waals surface area contributed by atoms with Crippen LogP contribution in [0, 0.1) is 5.92 Å². The predicted octanol–water partition coefficient (Wildman–Crippen LogP) is 5.95. The number of hydrogen-bond acceptors (Lipinski definition) is 5. The molecule has 2 fully saturated rings. The van der Waals surface area contributed by atoms with Gasteiger partial charge >= 0.3 is 0 Å². The van der Waals surface area contributed by atoms with Gasteiger partial charge in [-0.2, -0.15) is 4.98 Å². The quantitative estimate of drug-likeness (QED) is 0.361. The number of aromatic nitrogens is 6. The predicted molar refractivity (Wildman–Crippen MR) is 125 cm³/mol. The van der Waals surface area contributed by atoms with Crippen molar-refractivity contribution >= 4 is 33.8 Å². The summed E-state index contributed by atoms with van der Waals surface area (Å²) in [5.41, 5.74) is 5.28. The molecule has 1 saturated heterocycles. The molecule has 1 aliphatic heterocycles. The third-order valence-corrected chi connectivity index (χ3v) is 7.18. The van der Waals surface area contributed by atoms with Gasteiger partial charge in [0, 0.05) is 18.2 Å². The average Bonchev–Trinajstić information content (AvgIpc) is 3.43. The zero-order valence-corrected chi connectivity index (χ0v) is 19.0. The van der Waals surface area contributed by atoms with Crippen LogP contribution in [0.4, 0.5) is 0 Å². The Bertz CT molecular complexity index is 1270. The number of ether oxygens (including phenoxy) is 1. The molecule has 32 heavy (non-hydrogen) atoms. The van der Waals surface area contributed by atoms with Crippen molar-refractivity contribution in [3.8, 4) is 11.3 Å². The summed E-state index contributed by atoms with van der Waals surface area (Å²) < 4.78 is 10.3. The molecule has 1 aromatic carbocycles. The first-order valence-corrected chi connectivity index (χ1v) is 12.0. The number of nitrogens with zero attached hydrogens (tertiary/aromatic N) is 6. The van der Waals surface area contributed by atoms with E-state index in [9.17, 15) is 0 Å². The smallest absolute Gasteiger partial charge is 0.225 e. The normalized spacial score (nSPS) is 24.4. The van der Waals surface area contributed by atoms with Gasteiger partial charge in [-0.1, -0.05) is 25.8 Å². The zero-order chi connectivity index (χ0) is 21.7. The molecule has 3 atom stereocenters. The van der Waals surface area contributed by atoms with Gasteiger partial charge in [0.2, 0.25) is 5.28 Å². The van der Waals surface area contributed by atoms with Gasteiger partial charge in [0.25, 0.3) is 0 Å². The van der Waals surface area contributed by atoms with Crippen LogP contribution in [0.1, 0.15) is 64.1 Å². The van der Waals surface area contributed by atoms with E-state index in [0.29, 0.717) is 11.7 Å². The maximum absolute atomic E-state index is 6.36. The van der Waals surface area contributed by atoms with Crippen molar-refractivity contribution in [1.82, 2.24) is 29.1 Å². The summed E-state index contributed by atoms with van der Waals surface area (Å²) in [6, 6.07) is 6.87. The van der Waals surface area contributed by atoms with Crippen molar-refractivity contribution in [3.63, 3.8) is 0 Å². The Labute approximate surface area is 191 Å². The number of benzene rings is 1. The summed E-state index contributed by atoms with van der Waals surface area (Å²) in [5.74, 6) is 0.769. The van der Waals surface area contributed by atoms with E-state index < -0.39 is 0 Å². The highest BCUT2D eigenvalue weighted by molar-refractivity contribution is 6.28. The Morgan fingerprint density at radius 3 is 2.75 bits per heavy atom. The fourth-order valence-corrected chi connectivity index (χ4v) is 5.53. The van der Waals surface area contributed by atoms with Crippen LogP contribution in [0.25, 0.3) is 33.5 Å². The standard InChI is InChI=1S/C24H27ClN6O/c1-15-5-4-6-17(11-15)30-13-26-18-12-16(8-9-19(18)30)21-22-23(29-24(25)28-21)31(14-27-22)20-7-2-3-10-32-20/h8-9,12-15,17,20H,2-7,10-11H2,1H3/t15-,17-,20?/m1/s1. The molecule has 0 amide bonds. The molecule has 166 valence electrons. The first kappa shape index (κ1) is 20.1. The van der Waals surface area contributed by atoms with E-state index in [1.165, 1.54) is 31.2 Å². The zero-order valence-electron chi connectivity index (χ0n) is 18.2.